The molecule has 23 heavy (non-hydrogen) atoms. The van der Waals surface area contributed by atoms with E-state index in [4.69, 9.17) is 0 Å². The van der Waals surface area contributed by atoms with Crippen molar-refractivity contribution in [1.82, 2.24) is 10.6 Å². The van der Waals surface area contributed by atoms with E-state index in [-0.39, 0.29) is 29.4 Å². The molecular formula is C16H22ClN3O3. The normalized spacial score (nSPS) is 26.0. The predicted molar refractivity (Wildman–Crippen MR) is 89.5 cm³/mol. The summed E-state index contributed by atoms with van der Waals surface area (Å²) in [5, 5.41) is 17.0. The molecular weight excluding hydrogens is 318 g/mol. The molecule has 1 aliphatic heterocycles. The Bertz CT molecular complexity index is 578. The quantitative estimate of drug-likeness (QED) is 0.651. The third-order valence-electron chi connectivity index (χ3n) is 5.09. The van der Waals surface area contributed by atoms with Crippen LogP contribution in [0, 0.1) is 21.4 Å². The minimum Gasteiger partial charge on any atom is -0.351 e. The Morgan fingerprint density at radius 1 is 1.35 bits per heavy atom. The molecule has 1 saturated carbocycles. The molecule has 3 rings (SSSR count). The van der Waals surface area contributed by atoms with E-state index in [0.29, 0.717) is 12.5 Å². The van der Waals surface area contributed by atoms with Gasteiger partial charge in [-0.3, -0.25) is 14.9 Å². The predicted octanol–water partition coefficient (Wildman–Crippen LogP) is 2.41. The molecule has 2 N–H and O–H groups in total. The lowest BCUT2D eigenvalue weighted by molar-refractivity contribution is -0.384. The average Bonchev–Trinajstić information content (AvgIpc) is 2.98. The van der Waals surface area contributed by atoms with Crippen LogP contribution >= 0.6 is 12.4 Å². The number of hydrogen-bond acceptors (Lipinski definition) is 4. The maximum Gasteiger partial charge on any atom is 0.269 e. The van der Waals surface area contributed by atoms with Crippen molar-refractivity contribution in [1.29, 1.82) is 0 Å². The largest absolute Gasteiger partial charge is 0.351 e. The van der Waals surface area contributed by atoms with E-state index >= 15 is 0 Å². The summed E-state index contributed by atoms with van der Waals surface area (Å²) >= 11 is 0. The van der Waals surface area contributed by atoms with E-state index < -0.39 is 4.92 Å². The molecule has 2 fully saturated rings. The van der Waals surface area contributed by atoms with Crippen molar-refractivity contribution in [2.75, 3.05) is 13.1 Å². The van der Waals surface area contributed by atoms with Gasteiger partial charge in [0.25, 0.3) is 5.69 Å². The summed E-state index contributed by atoms with van der Waals surface area (Å²) in [6.45, 7) is 2.13. The van der Waals surface area contributed by atoms with Crippen LogP contribution < -0.4 is 10.6 Å². The molecule has 1 saturated heterocycles. The molecule has 0 radical (unpaired) electrons. The molecule has 0 spiro atoms. The number of non-ortho nitro benzene ring substituents is 1. The molecule has 1 aliphatic carbocycles. The molecule has 126 valence electrons. The van der Waals surface area contributed by atoms with Crippen LogP contribution in [0.15, 0.2) is 24.3 Å². The number of carbonyl (C=O) groups is 1. The van der Waals surface area contributed by atoms with Gasteiger partial charge in [-0.2, -0.15) is 0 Å². The number of nitrogens with zero attached hydrogens (tertiary/aromatic N) is 1. The highest BCUT2D eigenvalue weighted by atomic mass is 35.5. The van der Waals surface area contributed by atoms with Gasteiger partial charge in [-0.15, -0.1) is 12.4 Å². The van der Waals surface area contributed by atoms with E-state index in [0.717, 1.165) is 37.9 Å². The Balaban J connectivity index is 0.00000192. The molecule has 1 heterocycles. The molecule has 1 amide bonds. The number of fused-ring (bicyclic) bond motifs is 1. The Hall–Kier alpha value is -1.66. The number of carbonyl (C=O) groups excluding carboxylic acids is 1. The summed E-state index contributed by atoms with van der Waals surface area (Å²) in [5.74, 6) is 0.568. The highest BCUT2D eigenvalue weighted by Gasteiger charge is 2.49. The van der Waals surface area contributed by atoms with E-state index in [2.05, 4.69) is 10.6 Å². The van der Waals surface area contributed by atoms with Crippen LogP contribution in [0.1, 0.15) is 31.2 Å². The monoisotopic (exact) mass is 339 g/mol. The second-order valence-electron chi connectivity index (χ2n) is 6.34. The molecule has 2 aliphatic rings. The first kappa shape index (κ1) is 17.7. The fourth-order valence-electron chi connectivity index (χ4n) is 3.78. The van der Waals surface area contributed by atoms with Gasteiger partial charge in [0.1, 0.15) is 0 Å². The SMILES string of the molecule is Cl.O=C(NCc1ccc([N+](=O)[O-])cc1)[C@@]12CCCC[C@H]1CNC2. The van der Waals surface area contributed by atoms with Crippen molar-refractivity contribution >= 4 is 24.0 Å². The Kier molecular flexibility index (Phi) is 5.59. The number of hydrogen-bond donors (Lipinski definition) is 2. The van der Waals surface area contributed by atoms with E-state index in [1.807, 2.05) is 0 Å². The highest BCUT2D eigenvalue weighted by molar-refractivity contribution is 5.85. The third kappa shape index (κ3) is 3.48. The maximum atomic E-state index is 12.7. The van der Waals surface area contributed by atoms with Crippen molar-refractivity contribution in [2.45, 2.75) is 32.2 Å². The number of nitrogens with one attached hydrogen (secondary N) is 2. The minimum atomic E-state index is -0.419. The van der Waals surface area contributed by atoms with Crippen molar-refractivity contribution in [3.05, 3.63) is 39.9 Å². The van der Waals surface area contributed by atoms with Crippen LogP contribution in [0.25, 0.3) is 0 Å². The van der Waals surface area contributed by atoms with Gasteiger partial charge in [-0.1, -0.05) is 25.0 Å². The topological polar surface area (TPSA) is 84.3 Å². The van der Waals surface area contributed by atoms with Crippen molar-refractivity contribution in [3.63, 3.8) is 0 Å². The van der Waals surface area contributed by atoms with Crippen LogP contribution in [0.4, 0.5) is 5.69 Å². The first-order valence-corrected chi connectivity index (χ1v) is 7.84. The summed E-state index contributed by atoms with van der Waals surface area (Å²) in [6.07, 6.45) is 4.40. The minimum absolute atomic E-state index is 0. The average molecular weight is 340 g/mol. The van der Waals surface area contributed by atoms with E-state index in [9.17, 15) is 14.9 Å². The van der Waals surface area contributed by atoms with Gasteiger partial charge in [-0.05, 0) is 30.9 Å². The lowest BCUT2D eigenvalue weighted by atomic mass is 9.67. The standard InChI is InChI=1S/C16H21N3O3.ClH/c20-15(16-8-2-1-3-13(16)10-17-11-16)18-9-12-4-6-14(7-5-12)19(21)22;/h4-7,13,17H,1-3,8-11H2,(H,18,20);1H/t13-,16+;/m0./s1. The van der Waals surface area contributed by atoms with E-state index in [1.165, 1.54) is 18.6 Å². The number of rotatable bonds is 4. The summed E-state index contributed by atoms with van der Waals surface area (Å²) in [6, 6.07) is 6.34. The Labute approximate surface area is 141 Å². The summed E-state index contributed by atoms with van der Waals surface area (Å²) < 4.78 is 0. The summed E-state index contributed by atoms with van der Waals surface area (Å²) in [4.78, 5) is 22.9. The first-order chi connectivity index (χ1) is 10.6. The molecule has 1 aromatic carbocycles. The molecule has 0 aromatic heterocycles. The fraction of sp³-hybridized carbons (Fsp3) is 0.562. The smallest absolute Gasteiger partial charge is 0.269 e. The van der Waals surface area contributed by atoms with Crippen LogP contribution in [0.5, 0.6) is 0 Å². The number of benzene rings is 1. The van der Waals surface area contributed by atoms with Crippen LogP contribution in [0.2, 0.25) is 0 Å². The van der Waals surface area contributed by atoms with Gasteiger partial charge in [0.15, 0.2) is 0 Å². The second-order valence-corrected chi connectivity index (χ2v) is 6.34. The van der Waals surface area contributed by atoms with E-state index in [1.54, 1.807) is 12.1 Å². The lowest BCUT2D eigenvalue weighted by Crippen LogP contribution is -2.47. The molecule has 6 nitrogen and oxygen atoms in total. The third-order valence-corrected chi connectivity index (χ3v) is 5.09. The first-order valence-electron chi connectivity index (χ1n) is 7.84. The number of halogens is 1. The molecule has 1 aromatic rings. The molecule has 7 heteroatoms. The molecule has 2 atom stereocenters. The fourth-order valence-corrected chi connectivity index (χ4v) is 3.78. The van der Waals surface area contributed by atoms with Gasteiger partial charge in [0, 0.05) is 25.2 Å². The van der Waals surface area contributed by atoms with Gasteiger partial charge < -0.3 is 10.6 Å². The summed E-state index contributed by atoms with van der Waals surface area (Å²) in [7, 11) is 0. The number of nitro benzene ring substituents is 1. The van der Waals surface area contributed by atoms with Crippen LogP contribution in [0.3, 0.4) is 0 Å². The molecule has 0 unspecified atom stereocenters. The van der Waals surface area contributed by atoms with Crippen molar-refractivity contribution < 1.29 is 9.72 Å². The van der Waals surface area contributed by atoms with Gasteiger partial charge in [0.2, 0.25) is 5.91 Å². The van der Waals surface area contributed by atoms with Crippen molar-refractivity contribution in [2.24, 2.45) is 11.3 Å². The maximum absolute atomic E-state index is 12.7. The van der Waals surface area contributed by atoms with Gasteiger partial charge >= 0.3 is 0 Å². The van der Waals surface area contributed by atoms with Gasteiger partial charge in [0.05, 0.1) is 10.3 Å². The Morgan fingerprint density at radius 2 is 2.09 bits per heavy atom. The zero-order valence-electron chi connectivity index (χ0n) is 12.9. The van der Waals surface area contributed by atoms with Crippen molar-refractivity contribution in [3.8, 4) is 0 Å². The van der Waals surface area contributed by atoms with Gasteiger partial charge in [-0.25, -0.2) is 0 Å². The highest BCUT2D eigenvalue weighted by Crippen LogP contribution is 2.43. The zero-order chi connectivity index (χ0) is 15.6. The molecule has 0 bridgehead atoms. The number of amides is 1. The second kappa shape index (κ2) is 7.27. The lowest BCUT2D eigenvalue weighted by Gasteiger charge is -2.37. The van der Waals surface area contributed by atoms with Crippen LogP contribution in [-0.4, -0.2) is 23.9 Å². The van der Waals surface area contributed by atoms with Crippen LogP contribution in [-0.2, 0) is 11.3 Å². The summed E-state index contributed by atoms with van der Waals surface area (Å²) in [5.41, 5.74) is 0.702. The zero-order valence-corrected chi connectivity index (χ0v) is 13.7. The Morgan fingerprint density at radius 3 is 2.78 bits per heavy atom. The number of nitro groups is 1.